The molecule has 1 aliphatic rings. The van der Waals surface area contributed by atoms with E-state index in [2.05, 4.69) is 18.7 Å². The smallest absolute Gasteiger partial charge is 0.255 e. The molecule has 0 saturated carbocycles. The number of halogens is 1. The van der Waals surface area contributed by atoms with Gasteiger partial charge in [0.2, 0.25) is 11.5 Å². The molecule has 2 aromatic rings. The molecule has 1 amide bonds. The van der Waals surface area contributed by atoms with Crippen molar-refractivity contribution in [3.8, 4) is 23.0 Å². The number of rotatable bonds is 4. The first kappa shape index (κ1) is 18.7. The topological polar surface area (TPSA) is 113 Å². The van der Waals surface area contributed by atoms with Crippen LogP contribution in [-0.4, -0.2) is 29.2 Å². The fourth-order valence-electron chi connectivity index (χ4n) is 2.88. The molecule has 0 aromatic heterocycles. The second kappa shape index (κ2) is 7.08. The summed E-state index contributed by atoms with van der Waals surface area (Å²) in [6.07, 6.45) is 0. The summed E-state index contributed by atoms with van der Waals surface area (Å²) in [5.41, 5.74) is 7.58. The predicted octanol–water partition coefficient (Wildman–Crippen LogP) is -1.32. The number of carbonyl (C=O) groups excluding carboxylic acids is 1. The standard InChI is InChI=1S/C17H19N3O4.ClH/c1-3-20(4-2)9-5-6-11-13(7-9)24-16-14(19-11)10(17(18)23)8-12(21)15(16)22;/h5-8,19,21-22H,3-4H2,1-2H3,(H2,18,23);1H. The lowest BCUT2D eigenvalue weighted by atomic mass is 10.1. The van der Waals surface area contributed by atoms with Gasteiger partial charge in [-0.1, -0.05) is 0 Å². The maximum Gasteiger partial charge on any atom is 0.255 e. The average molecular weight is 366 g/mol. The van der Waals surface area contributed by atoms with Crippen LogP contribution in [0, 0.1) is 0 Å². The van der Waals surface area contributed by atoms with E-state index in [9.17, 15) is 15.0 Å². The Labute approximate surface area is 151 Å². The summed E-state index contributed by atoms with van der Waals surface area (Å²) in [6.45, 7) is 5.84. The Morgan fingerprint density at radius 2 is 1.92 bits per heavy atom. The number of nitrogens with zero attached hydrogens (tertiary/aromatic N) is 1. The zero-order valence-corrected chi connectivity index (χ0v) is 14.7. The van der Waals surface area contributed by atoms with Gasteiger partial charge in [0.05, 0.1) is 0 Å². The highest BCUT2D eigenvalue weighted by Crippen LogP contribution is 2.48. The van der Waals surface area contributed by atoms with Crippen LogP contribution in [0.3, 0.4) is 0 Å². The second-order valence-electron chi connectivity index (χ2n) is 5.54. The number of primary amides is 1. The van der Waals surface area contributed by atoms with Crippen LogP contribution in [-0.2, 0) is 0 Å². The number of carbonyl (C=O) groups is 1. The first-order chi connectivity index (χ1) is 11.5. The molecule has 1 heterocycles. The fraction of sp³-hybridized carbons (Fsp3) is 0.235. The Morgan fingerprint density at radius 3 is 2.52 bits per heavy atom. The van der Waals surface area contributed by atoms with Gasteiger partial charge in [0.1, 0.15) is 5.56 Å². The lowest BCUT2D eigenvalue weighted by Crippen LogP contribution is -3.00. The van der Waals surface area contributed by atoms with Gasteiger partial charge in [0, 0.05) is 37.0 Å². The van der Waals surface area contributed by atoms with Gasteiger partial charge in [-0.3, -0.25) is 10.1 Å². The summed E-state index contributed by atoms with van der Waals surface area (Å²) in [5, 5.41) is 21.6. The molecule has 8 heteroatoms. The monoisotopic (exact) mass is 365 g/mol. The molecule has 0 bridgehead atoms. The van der Waals surface area contributed by atoms with Crippen molar-refractivity contribution in [2.24, 2.45) is 5.73 Å². The number of nitrogens with two attached hydrogens (primary N) is 2. The first-order valence-electron chi connectivity index (χ1n) is 7.76. The molecule has 0 unspecified atom stereocenters. The van der Waals surface area contributed by atoms with E-state index in [0.717, 1.165) is 30.5 Å². The Balaban J connectivity index is 0.00000225. The van der Waals surface area contributed by atoms with E-state index in [1.807, 2.05) is 18.2 Å². The van der Waals surface area contributed by atoms with E-state index < -0.39 is 17.4 Å². The van der Waals surface area contributed by atoms with Crippen molar-refractivity contribution in [3.63, 3.8) is 0 Å². The number of anilines is 1. The van der Waals surface area contributed by atoms with E-state index in [0.29, 0.717) is 11.4 Å². The molecule has 0 radical (unpaired) electrons. The largest absolute Gasteiger partial charge is 1.00 e. The SMILES string of the molecule is CCN(CC)c1ccc2c(c1)Oc1c(O)c(O)cc(C(N)=O)c1[NH2+]2.[Cl-]. The highest BCUT2D eigenvalue weighted by atomic mass is 35.5. The highest BCUT2D eigenvalue weighted by Gasteiger charge is 2.31. The Bertz CT molecular complexity index is 822. The van der Waals surface area contributed by atoms with Gasteiger partial charge < -0.3 is 38.0 Å². The minimum atomic E-state index is -0.704. The molecule has 134 valence electrons. The molecule has 0 fully saturated rings. The van der Waals surface area contributed by atoms with Crippen molar-refractivity contribution in [2.75, 3.05) is 18.0 Å². The summed E-state index contributed by atoms with van der Waals surface area (Å²) < 4.78 is 5.78. The molecule has 2 aromatic carbocycles. The number of quaternary nitrogens is 1. The molecule has 25 heavy (non-hydrogen) atoms. The predicted molar refractivity (Wildman–Crippen MR) is 89.6 cm³/mol. The van der Waals surface area contributed by atoms with Crippen LogP contribution < -0.4 is 33.1 Å². The molecule has 7 nitrogen and oxygen atoms in total. The van der Waals surface area contributed by atoms with Gasteiger partial charge in [0.15, 0.2) is 22.9 Å². The number of hydrogen-bond acceptors (Lipinski definition) is 5. The molecule has 0 saturated heterocycles. The number of phenolic OH excluding ortho intramolecular Hbond substituents is 2. The molecule has 0 aliphatic carbocycles. The van der Waals surface area contributed by atoms with Crippen molar-refractivity contribution >= 4 is 23.0 Å². The molecular weight excluding hydrogens is 346 g/mol. The number of benzene rings is 2. The van der Waals surface area contributed by atoms with Crippen LogP contribution in [0.25, 0.3) is 0 Å². The maximum atomic E-state index is 11.6. The number of fused-ring (bicyclic) bond motifs is 2. The minimum Gasteiger partial charge on any atom is -1.00 e. The molecular formula is C17H20ClN3O4. The van der Waals surface area contributed by atoms with E-state index in [1.165, 1.54) is 0 Å². The van der Waals surface area contributed by atoms with Crippen molar-refractivity contribution in [3.05, 3.63) is 29.8 Å². The molecule has 0 spiro atoms. The fourth-order valence-corrected chi connectivity index (χ4v) is 2.88. The van der Waals surface area contributed by atoms with E-state index in [4.69, 9.17) is 10.5 Å². The van der Waals surface area contributed by atoms with E-state index in [1.54, 1.807) is 5.32 Å². The van der Waals surface area contributed by atoms with Gasteiger partial charge in [0.25, 0.3) is 5.91 Å². The van der Waals surface area contributed by atoms with Crippen molar-refractivity contribution < 1.29 is 37.5 Å². The molecule has 3 rings (SSSR count). The molecule has 0 atom stereocenters. The Hall–Kier alpha value is -2.64. The van der Waals surface area contributed by atoms with Gasteiger partial charge in [-0.2, -0.15) is 0 Å². The van der Waals surface area contributed by atoms with Crippen molar-refractivity contribution in [2.45, 2.75) is 13.8 Å². The molecule has 6 N–H and O–H groups in total. The van der Waals surface area contributed by atoms with Gasteiger partial charge in [-0.15, -0.1) is 0 Å². The summed E-state index contributed by atoms with van der Waals surface area (Å²) in [4.78, 5) is 13.8. The van der Waals surface area contributed by atoms with Crippen LogP contribution in [0.4, 0.5) is 17.1 Å². The van der Waals surface area contributed by atoms with Gasteiger partial charge >= 0.3 is 0 Å². The summed E-state index contributed by atoms with van der Waals surface area (Å²) in [7, 11) is 0. The first-order valence-corrected chi connectivity index (χ1v) is 7.76. The summed E-state index contributed by atoms with van der Waals surface area (Å²) >= 11 is 0. The van der Waals surface area contributed by atoms with E-state index >= 15 is 0 Å². The number of ether oxygens (including phenoxy) is 1. The Morgan fingerprint density at radius 1 is 1.24 bits per heavy atom. The van der Waals surface area contributed by atoms with Crippen LogP contribution in [0.5, 0.6) is 23.0 Å². The number of hydrogen-bond donors (Lipinski definition) is 4. The Kier molecular flexibility index (Phi) is 5.30. The number of aromatic hydroxyl groups is 2. The zero-order chi connectivity index (χ0) is 17.4. The third-order valence-corrected chi connectivity index (χ3v) is 4.18. The van der Waals surface area contributed by atoms with Gasteiger partial charge in [-0.25, -0.2) is 0 Å². The van der Waals surface area contributed by atoms with Crippen LogP contribution in [0.15, 0.2) is 24.3 Å². The lowest BCUT2D eigenvalue weighted by molar-refractivity contribution is -0.483. The minimum absolute atomic E-state index is 0. The number of phenols is 2. The quantitative estimate of drug-likeness (QED) is 0.260. The third-order valence-electron chi connectivity index (χ3n) is 4.18. The molecule has 1 aliphatic heterocycles. The second-order valence-corrected chi connectivity index (χ2v) is 5.54. The van der Waals surface area contributed by atoms with E-state index in [-0.39, 0.29) is 23.7 Å². The van der Waals surface area contributed by atoms with Crippen LogP contribution in [0.1, 0.15) is 24.2 Å². The van der Waals surface area contributed by atoms with Crippen LogP contribution in [0.2, 0.25) is 0 Å². The maximum absolute atomic E-state index is 11.6. The van der Waals surface area contributed by atoms with Crippen LogP contribution >= 0.6 is 0 Å². The van der Waals surface area contributed by atoms with Gasteiger partial charge in [-0.05, 0) is 19.9 Å². The highest BCUT2D eigenvalue weighted by molar-refractivity contribution is 5.99. The summed E-state index contributed by atoms with van der Waals surface area (Å²) in [6, 6.07) is 6.88. The summed E-state index contributed by atoms with van der Waals surface area (Å²) in [5.74, 6) is -0.981. The lowest BCUT2D eigenvalue weighted by Gasteiger charge is -2.24. The van der Waals surface area contributed by atoms with Crippen molar-refractivity contribution in [1.82, 2.24) is 0 Å². The van der Waals surface area contributed by atoms with Crippen molar-refractivity contribution in [1.29, 1.82) is 0 Å². The normalized spacial score (nSPS) is 11.6. The zero-order valence-electron chi connectivity index (χ0n) is 13.9. The third kappa shape index (κ3) is 3.16. The number of amides is 1. The average Bonchev–Trinajstić information content (AvgIpc) is 2.57.